The Morgan fingerprint density at radius 1 is 1.39 bits per heavy atom. The number of piperazine rings is 1. The number of carbonyl (C=O) groups excluding carboxylic acids is 2. The second-order valence-corrected chi connectivity index (χ2v) is 5.21. The number of rotatable bonds is 5. The van der Waals surface area contributed by atoms with Gasteiger partial charge in [0.25, 0.3) is 0 Å². The Kier molecular flexibility index (Phi) is 4.54. The topological polar surface area (TPSA) is 49.4 Å². The average molecular weight is 252 g/mol. The third-order valence-electron chi connectivity index (χ3n) is 3.80. The molecule has 0 saturated carbocycles. The van der Waals surface area contributed by atoms with Gasteiger partial charge < -0.3 is 10.2 Å². The highest BCUT2D eigenvalue weighted by Gasteiger charge is 2.49. The number of carbonyl (C=O) groups is 2. The highest BCUT2D eigenvalue weighted by molar-refractivity contribution is 6.00. The van der Waals surface area contributed by atoms with Crippen LogP contribution in [0.2, 0.25) is 0 Å². The summed E-state index contributed by atoms with van der Waals surface area (Å²) < 4.78 is 0. The molecule has 1 unspecified atom stereocenters. The van der Waals surface area contributed by atoms with Crippen LogP contribution in [-0.2, 0) is 9.59 Å². The van der Waals surface area contributed by atoms with E-state index in [2.05, 4.69) is 11.9 Å². The predicted octanol–water partition coefficient (Wildman–Crippen LogP) is 1.71. The Balaban J connectivity index is 3.15. The van der Waals surface area contributed by atoms with Crippen molar-refractivity contribution in [2.75, 3.05) is 6.54 Å². The molecule has 0 aliphatic carbocycles. The Hall–Kier alpha value is -1.32. The molecule has 4 nitrogen and oxygen atoms in total. The maximum absolute atomic E-state index is 12.6. The lowest BCUT2D eigenvalue weighted by Crippen LogP contribution is -2.71. The summed E-state index contributed by atoms with van der Waals surface area (Å²) in [4.78, 5) is 26.6. The molecule has 0 bridgehead atoms. The summed E-state index contributed by atoms with van der Waals surface area (Å²) in [5, 5.41) is 2.93. The molecule has 0 radical (unpaired) electrons. The van der Waals surface area contributed by atoms with E-state index in [0.717, 1.165) is 0 Å². The van der Waals surface area contributed by atoms with Gasteiger partial charge in [-0.2, -0.15) is 0 Å². The first-order chi connectivity index (χ1) is 8.43. The molecule has 1 rings (SSSR count). The molecule has 1 saturated heterocycles. The smallest absolute Gasteiger partial charge is 0.249 e. The fraction of sp³-hybridized carbons (Fsp3) is 0.714. The lowest BCUT2D eigenvalue weighted by Gasteiger charge is -2.46. The molecule has 0 aromatic carbocycles. The van der Waals surface area contributed by atoms with Gasteiger partial charge in [-0.05, 0) is 18.8 Å². The van der Waals surface area contributed by atoms with Crippen LogP contribution < -0.4 is 5.32 Å². The van der Waals surface area contributed by atoms with Crippen molar-refractivity contribution in [2.45, 2.75) is 52.1 Å². The normalized spacial score (nSPS) is 23.2. The van der Waals surface area contributed by atoms with Gasteiger partial charge in [-0.3, -0.25) is 9.59 Å². The molecule has 1 N–H and O–H groups in total. The fourth-order valence-corrected chi connectivity index (χ4v) is 2.63. The zero-order chi connectivity index (χ0) is 13.9. The first kappa shape index (κ1) is 14.7. The van der Waals surface area contributed by atoms with Crippen LogP contribution in [0.4, 0.5) is 0 Å². The van der Waals surface area contributed by atoms with Gasteiger partial charge in [0.2, 0.25) is 11.8 Å². The average Bonchev–Trinajstić information content (AvgIpc) is 2.33. The van der Waals surface area contributed by atoms with Crippen molar-refractivity contribution >= 4 is 11.8 Å². The van der Waals surface area contributed by atoms with Crippen molar-refractivity contribution in [2.24, 2.45) is 5.92 Å². The molecular weight excluding hydrogens is 228 g/mol. The molecule has 102 valence electrons. The Morgan fingerprint density at radius 3 is 2.33 bits per heavy atom. The minimum Gasteiger partial charge on any atom is -0.340 e. The van der Waals surface area contributed by atoms with Gasteiger partial charge in [0.15, 0.2) is 0 Å². The maximum atomic E-state index is 12.6. The van der Waals surface area contributed by atoms with Crippen molar-refractivity contribution in [3.05, 3.63) is 12.7 Å². The Bertz CT molecular complexity index is 346. The van der Waals surface area contributed by atoms with Crippen molar-refractivity contribution < 1.29 is 9.59 Å². The molecule has 0 spiro atoms. The molecule has 4 heteroatoms. The molecule has 0 aromatic rings. The minimum atomic E-state index is -0.731. The van der Waals surface area contributed by atoms with Crippen LogP contribution in [-0.4, -0.2) is 34.8 Å². The zero-order valence-electron chi connectivity index (χ0n) is 11.8. The van der Waals surface area contributed by atoms with Crippen molar-refractivity contribution in [1.82, 2.24) is 10.2 Å². The van der Waals surface area contributed by atoms with E-state index < -0.39 is 5.54 Å². The largest absolute Gasteiger partial charge is 0.340 e. The molecule has 18 heavy (non-hydrogen) atoms. The molecule has 0 aromatic heterocycles. The monoisotopic (exact) mass is 252 g/mol. The van der Waals surface area contributed by atoms with Crippen molar-refractivity contribution in [1.29, 1.82) is 0 Å². The quantitative estimate of drug-likeness (QED) is 0.757. The van der Waals surface area contributed by atoms with Gasteiger partial charge in [-0.15, -0.1) is 6.58 Å². The summed E-state index contributed by atoms with van der Waals surface area (Å²) in [6.45, 7) is 11.9. The van der Waals surface area contributed by atoms with Crippen LogP contribution >= 0.6 is 0 Å². The maximum Gasteiger partial charge on any atom is 0.249 e. The van der Waals surface area contributed by atoms with Gasteiger partial charge in [0.1, 0.15) is 11.6 Å². The van der Waals surface area contributed by atoms with Crippen molar-refractivity contribution in [3.8, 4) is 0 Å². The van der Waals surface area contributed by atoms with E-state index in [-0.39, 0.29) is 23.8 Å². The van der Waals surface area contributed by atoms with E-state index in [1.54, 1.807) is 11.0 Å². The van der Waals surface area contributed by atoms with E-state index in [9.17, 15) is 9.59 Å². The van der Waals surface area contributed by atoms with Gasteiger partial charge >= 0.3 is 0 Å². The lowest BCUT2D eigenvalue weighted by molar-refractivity contribution is -0.156. The number of hydrogen-bond donors (Lipinski definition) is 1. The number of amides is 2. The third kappa shape index (κ3) is 2.28. The molecule has 1 atom stereocenters. The van der Waals surface area contributed by atoms with E-state index in [1.165, 1.54) is 0 Å². The van der Waals surface area contributed by atoms with Crippen molar-refractivity contribution in [3.63, 3.8) is 0 Å². The summed E-state index contributed by atoms with van der Waals surface area (Å²) >= 11 is 0. The summed E-state index contributed by atoms with van der Waals surface area (Å²) in [5.74, 6) is 0.0708. The Labute approximate surface area is 109 Å². The van der Waals surface area contributed by atoms with Crippen LogP contribution in [0.25, 0.3) is 0 Å². The van der Waals surface area contributed by atoms with E-state index in [0.29, 0.717) is 19.4 Å². The van der Waals surface area contributed by atoms with Gasteiger partial charge in [-0.1, -0.05) is 33.8 Å². The standard InChI is InChI=1S/C14H24N2O2/c1-6-9-16-11(10(4)5)12(17)15-14(7-2,8-3)13(16)18/h6,10-11H,1,7-9H2,2-5H3,(H,15,17). The molecule has 2 amide bonds. The van der Waals surface area contributed by atoms with Gasteiger partial charge in [-0.25, -0.2) is 0 Å². The summed E-state index contributed by atoms with van der Waals surface area (Å²) in [6, 6.07) is -0.387. The van der Waals surface area contributed by atoms with E-state index in [4.69, 9.17) is 0 Å². The first-order valence-electron chi connectivity index (χ1n) is 6.67. The van der Waals surface area contributed by atoms with Crippen LogP contribution in [0.15, 0.2) is 12.7 Å². The minimum absolute atomic E-state index is 0.0192. The van der Waals surface area contributed by atoms with Crippen LogP contribution in [0, 0.1) is 5.92 Å². The molecule has 1 aliphatic rings. The Morgan fingerprint density at radius 2 is 1.94 bits per heavy atom. The zero-order valence-corrected chi connectivity index (χ0v) is 11.8. The fourth-order valence-electron chi connectivity index (χ4n) is 2.63. The highest BCUT2D eigenvalue weighted by atomic mass is 16.2. The highest BCUT2D eigenvalue weighted by Crippen LogP contribution is 2.27. The van der Waals surface area contributed by atoms with E-state index >= 15 is 0 Å². The van der Waals surface area contributed by atoms with E-state index in [1.807, 2.05) is 27.7 Å². The summed E-state index contributed by atoms with van der Waals surface area (Å²) in [5.41, 5.74) is -0.731. The van der Waals surface area contributed by atoms with Crippen LogP contribution in [0.1, 0.15) is 40.5 Å². The SMILES string of the molecule is C=CCN1C(=O)C(CC)(CC)NC(=O)C1C(C)C. The third-order valence-corrected chi connectivity index (χ3v) is 3.80. The second-order valence-electron chi connectivity index (χ2n) is 5.21. The predicted molar refractivity (Wildman–Crippen MR) is 72.0 cm³/mol. The number of nitrogens with zero attached hydrogens (tertiary/aromatic N) is 1. The molecular formula is C14H24N2O2. The first-order valence-corrected chi connectivity index (χ1v) is 6.67. The lowest BCUT2D eigenvalue weighted by atomic mass is 9.85. The van der Waals surface area contributed by atoms with Gasteiger partial charge in [0, 0.05) is 6.54 Å². The van der Waals surface area contributed by atoms with Crippen LogP contribution in [0.5, 0.6) is 0 Å². The second kappa shape index (κ2) is 5.55. The summed E-state index contributed by atoms with van der Waals surface area (Å²) in [6.07, 6.45) is 2.92. The van der Waals surface area contributed by atoms with Gasteiger partial charge in [0.05, 0.1) is 0 Å². The number of nitrogens with one attached hydrogen (secondary N) is 1. The summed E-state index contributed by atoms with van der Waals surface area (Å²) in [7, 11) is 0. The molecule has 1 heterocycles. The molecule has 1 fully saturated rings. The van der Waals surface area contributed by atoms with Crippen LogP contribution in [0.3, 0.4) is 0 Å². The number of hydrogen-bond acceptors (Lipinski definition) is 2. The molecule has 1 aliphatic heterocycles.